The Morgan fingerprint density at radius 3 is 2.33 bits per heavy atom. The maximum Gasteiger partial charge on any atom is 0.490 e. The first kappa shape index (κ1) is 27.9. The second kappa shape index (κ2) is 9.02. The second-order valence-electron chi connectivity index (χ2n) is 7.60. The molecule has 15 nitrogen and oxygen atoms in total. The molecular formula is C15H23N2O13P3. The first-order valence-electron chi connectivity index (χ1n) is 8.84. The summed E-state index contributed by atoms with van der Waals surface area (Å²) in [6.45, 7) is 6.94. The van der Waals surface area contributed by atoms with Crippen molar-refractivity contribution < 1.29 is 61.1 Å². The van der Waals surface area contributed by atoms with Gasteiger partial charge in [0.05, 0.1) is 6.61 Å². The third kappa shape index (κ3) is 6.21. The largest absolute Gasteiger partial charge is 0.490 e. The van der Waals surface area contributed by atoms with Crippen LogP contribution in [-0.4, -0.2) is 60.0 Å². The van der Waals surface area contributed by atoms with E-state index < -0.39 is 59.3 Å². The molecule has 6 N–H and O–H groups in total. The van der Waals surface area contributed by atoms with Crippen LogP contribution in [0.5, 0.6) is 0 Å². The van der Waals surface area contributed by atoms with E-state index >= 15 is 0 Å². The summed E-state index contributed by atoms with van der Waals surface area (Å²) in [6.07, 6.45) is 4.28. The molecule has 1 amide bonds. The number of rotatable bonds is 8. The summed E-state index contributed by atoms with van der Waals surface area (Å²) in [5.41, 5.74) is -3.04. The molecule has 6 atom stereocenters. The normalized spacial score (nSPS) is 34.2. The molecule has 0 bridgehead atoms. The molecular weight excluding hydrogens is 509 g/mol. The Morgan fingerprint density at radius 2 is 1.82 bits per heavy atom. The molecule has 0 spiro atoms. The van der Waals surface area contributed by atoms with Crippen LogP contribution in [0.1, 0.15) is 20.8 Å². The number of hydrogen-bond acceptors (Lipinski definition) is 10. The van der Waals surface area contributed by atoms with E-state index in [0.717, 1.165) is 0 Å². The number of nitrogens with one attached hydrogen (secondary N) is 1. The monoisotopic (exact) mass is 532 g/mol. The van der Waals surface area contributed by atoms with Gasteiger partial charge in [-0.2, -0.15) is 8.62 Å². The summed E-state index contributed by atoms with van der Waals surface area (Å²) in [4.78, 5) is 49.2. The predicted octanol–water partition coefficient (Wildman–Crippen LogP) is 0.252. The Balaban J connectivity index is 2.26. The van der Waals surface area contributed by atoms with Crippen molar-refractivity contribution in [1.29, 1.82) is 0 Å². The van der Waals surface area contributed by atoms with Crippen molar-refractivity contribution >= 4 is 29.4 Å². The van der Waals surface area contributed by atoms with Crippen molar-refractivity contribution in [2.45, 2.75) is 38.7 Å². The van der Waals surface area contributed by atoms with Gasteiger partial charge in [-0.3, -0.25) is 9.32 Å². The lowest BCUT2D eigenvalue weighted by Crippen LogP contribution is -2.49. The standard InChI is InChI=1S/C15H23N2O13P3/c1-6-14(4)12(19)15(5,28-13(14)17-7-9(2)11(18)16-10(17)3)8-27-32(23,24)30-33(25,26)29-31(20,21)22/h1,7,12-13,19H,3,8H2,2,4-5H3,(H,16,18)(H,23,24)(H,25,26)(H2,20,21,22)/t12-,13-,14?,15-/m1/s1. The number of terminal acetylenes is 1. The lowest BCUT2D eigenvalue weighted by atomic mass is 9.78. The lowest BCUT2D eigenvalue weighted by molar-refractivity contribution is -0.128. The van der Waals surface area contributed by atoms with Gasteiger partial charge in [0.25, 0.3) is 5.91 Å². The highest BCUT2D eigenvalue weighted by Crippen LogP contribution is 2.66. The zero-order valence-electron chi connectivity index (χ0n) is 17.5. The van der Waals surface area contributed by atoms with Crippen molar-refractivity contribution in [2.24, 2.45) is 5.41 Å². The van der Waals surface area contributed by atoms with E-state index in [1.165, 1.54) is 31.9 Å². The van der Waals surface area contributed by atoms with Crippen molar-refractivity contribution in [3.8, 4) is 12.3 Å². The molecule has 0 saturated carbocycles. The summed E-state index contributed by atoms with van der Waals surface area (Å²) in [7, 11) is -16.8. The van der Waals surface area contributed by atoms with E-state index in [0.29, 0.717) is 0 Å². The summed E-state index contributed by atoms with van der Waals surface area (Å²) < 4.78 is 52.0. The fourth-order valence-corrected chi connectivity index (χ4v) is 6.30. The zero-order valence-corrected chi connectivity index (χ0v) is 20.2. The number of aliphatic hydroxyl groups is 1. The highest BCUT2D eigenvalue weighted by Gasteiger charge is 2.61. The number of carbonyl (C=O) groups is 1. The molecule has 18 heteroatoms. The number of aliphatic hydroxyl groups excluding tert-OH is 1. The number of carbonyl (C=O) groups excluding carboxylic acids is 1. The second-order valence-corrected chi connectivity index (χ2v) is 12.0. The van der Waals surface area contributed by atoms with Crippen LogP contribution in [0.15, 0.2) is 24.2 Å². The van der Waals surface area contributed by atoms with E-state index in [4.69, 9.17) is 20.9 Å². The van der Waals surface area contributed by atoms with Crippen molar-refractivity contribution in [2.75, 3.05) is 6.61 Å². The molecule has 1 fully saturated rings. The molecule has 2 aliphatic rings. The van der Waals surface area contributed by atoms with Gasteiger partial charge in [-0.05, 0) is 20.8 Å². The van der Waals surface area contributed by atoms with E-state index in [1.807, 2.05) is 0 Å². The quantitative estimate of drug-likeness (QED) is 0.182. The molecule has 33 heavy (non-hydrogen) atoms. The number of phosphoric ester groups is 1. The van der Waals surface area contributed by atoms with Crippen LogP contribution in [0, 0.1) is 17.8 Å². The molecule has 2 rings (SSSR count). The molecule has 186 valence electrons. The fourth-order valence-electron chi connectivity index (χ4n) is 3.18. The van der Waals surface area contributed by atoms with Gasteiger partial charge in [0, 0.05) is 11.8 Å². The maximum atomic E-state index is 12.1. The van der Waals surface area contributed by atoms with Gasteiger partial charge < -0.3 is 39.6 Å². The number of hydrogen-bond donors (Lipinski definition) is 6. The molecule has 2 heterocycles. The van der Waals surface area contributed by atoms with Gasteiger partial charge in [-0.15, -0.1) is 6.42 Å². The average molecular weight is 532 g/mol. The van der Waals surface area contributed by atoms with Crippen LogP contribution in [0.2, 0.25) is 0 Å². The third-order valence-electron chi connectivity index (χ3n) is 4.79. The Kier molecular flexibility index (Phi) is 7.62. The van der Waals surface area contributed by atoms with Crippen LogP contribution >= 0.6 is 23.5 Å². The topological polar surface area (TPSA) is 222 Å². The van der Waals surface area contributed by atoms with Crippen LogP contribution in [0.3, 0.4) is 0 Å². The highest BCUT2D eigenvalue weighted by molar-refractivity contribution is 7.66. The predicted molar refractivity (Wildman–Crippen MR) is 109 cm³/mol. The van der Waals surface area contributed by atoms with Crippen LogP contribution in [0.25, 0.3) is 0 Å². The maximum absolute atomic E-state index is 12.1. The van der Waals surface area contributed by atoms with Crippen LogP contribution < -0.4 is 5.32 Å². The molecule has 0 aromatic carbocycles. The van der Waals surface area contributed by atoms with Gasteiger partial charge >= 0.3 is 23.5 Å². The van der Waals surface area contributed by atoms with Crippen molar-refractivity contribution in [1.82, 2.24) is 10.2 Å². The number of nitrogens with zero attached hydrogens (tertiary/aromatic N) is 1. The molecule has 0 radical (unpaired) electrons. The molecule has 0 aliphatic carbocycles. The zero-order chi connectivity index (χ0) is 25.6. The van der Waals surface area contributed by atoms with Crippen LogP contribution in [-0.2, 0) is 36.4 Å². The lowest BCUT2D eigenvalue weighted by Gasteiger charge is -2.38. The summed E-state index contributed by atoms with van der Waals surface area (Å²) >= 11 is 0. The molecule has 2 aliphatic heterocycles. The van der Waals surface area contributed by atoms with E-state index in [1.54, 1.807) is 0 Å². The summed E-state index contributed by atoms with van der Waals surface area (Å²) in [5.74, 6) is 2.04. The third-order valence-corrected chi connectivity index (χ3v) is 8.58. The van der Waals surface area contributed by atoms with E-state index in [9.17, 15) is 33.4 Å². The smallest absolute Gasteiger partial charge is 0.388 e. The number of phosphoric acid groups is 3. The Hall–Kier alpha value is -1.36. The first-order chi connectivity index (χ1) is 14.8. The van der Waals surface area contributed by atoms with Gasteiger partial charge in [0.2, 0.25) is 0 Å². The molecule has 1 saturated heterocycles. The van der Waals surface area contributed by atoms with Gasteiger partial charge in [-0.1, -0.05) is 12.5 Å². The van der Waals surface area contributed by atoms with Gasteiger partial charge in [0.1, 0.15) is 22.9 Å². The summed E-state index contributed by atoms with van der Waals surface area (Å²) in [6, 6.07) is 0. The Bertz CT molecular complexity index is 1060. The Morgan fingerprint density at radius 1 is 1.24 bits per heavy atom. The summed E-state index contributed by atoms with van der Waals surface area (Å²) in [5, 5.41) is 13.4. The highest BCUT2D eigenvalue weighted by atomic mass is 31.3. The van der Waals surface area contributed by atoms with Crippen LogP contribution in [0.4, 0.5) is 0 Å². The molecule has 0 aromatic heterocycles. The first-order valence-corrected chi connectivity index (χ1v) is 13.4. The average Bonchev–Trinajstić information content (AvgIpc) is 2.82. The number of ether oxygens (including phenoxy) is 1. The van der Waals surface area contributed by atoms with E-state index in [2.05, 4.69) is 31.0 Å². The SMILES string of the molecule is C#CC1(C)[C@@H](O)[C@@](C)(COP(=O)(O)OP(=O)(O)OP(=O)(O)O)O[C@H]1N1C=C(C)C(=O)NC1=C. The van der Waals surface area contributed by atoms with Gasteiger partial charge in [0.15, 0.2) is 6.23 Å². The van der Waals surface area contributed by atoms with Crippen molar-refractivity contribution in [3.05, 3.63) is 24.2 Å². The van der Waals surface area contributed by atoms with Crippen molar-refractivity contribution in [3.63, 3.8) is 0 Å². The minimum absolute atomic E-state index is 0.0708. The minimum atomic E-state index is -5.73. The molecule has 0 aromatic rings. The van der Waals surface area contributed by atoms with Gasteiger partial charge in [-0.25, -0.2) is 13.7 Å². The van der Waals surface area contributed by atoms with E-state index in [-0.39, 0.29) is 11.4 Å². The Labute approximate surface area is 188 Å². The minimum Gasteiger partial charge on any atom is -0.388 e. The fraction of sp³-hybridized carbons (Fsp3) is 0.533. The molecule has 3 unspecified atom stereocenters. The number of amides is 1.